The highest BCUT2D eigenvalue weighted by Crippen LogP contribution is 2.33. The fourth-order valence-corrected chi connectivity index (χ4v) is 3.45. The lowest BCUT2D eigenvalue weighted by Crippen LogP contribution is -2.48. The number of fused-ring (bicyclic) bond motifs is 1. The second-order valence-electron chi connectivity index (χ2n) is 7.00. The molecule has 0 unspecified atom stereocenters. The fraction of sp³-hybridized carbons (Fsp3) is 0.500. The van der Waals surface area contributed by atoms with Gasteiger partial charge in [0, 0.05) is 26.2 Å². The Morgan fingerprint density at radius 1 is 1.15 bits per heavy atom. The monoisotopic (exact) mass is 374 g/mol. The summed E-state index contributed by atoms with van der Waals surface area (Å²) in [5.41, 5.74) is 0.758. The van der Waals surface area contributed by atoms with Crippen LogP contribution in [-0.4, -0.2) is 78.6 Å². The molecule has 9 nitrogen and oxygen atoms in total. The molecule has 1 aromatic carbocycles. The molecule has 0 aromatic heterocycles. The third kappa shape index (κ3) is 3.55. The minimum absolute atomic E-state index is 0.00801. The fourth-order valence-electron chi connectivity index (χ4n) is 3.45. The van der Waals surface area contributed by atoms with E-state index >= 15 is 0 Å². The molecule has 2 saturated heterocycles. The second-order valence-corrected chi connectivity index (χ2v) is 7.00. The highest BCUT2D eigenvalue weighted by molar-refractivity contribution is 6.05. The smallest absolute Gasteiger partial charge is 0.325 e. The Balaban J connectivity index is 1.37. The van der Waals surface area contributed by atoms with Gasteiger partial charge < -0.3 is 24.6 Å². The van der Waals surface area contributed by atoms with Crippen LogP contribution in [0.2, 0.25) is 0 Å². The zero-order chi connectivity index (χ0) is 19.0. The van der Waals surface area contributed by atoms with Crippen molar-refractivity contribution in [3.63, 3.8) is 0 Å². The molecule has 1 aromatic rings. The first-order valence-electron chi connectivity index (χ1n) is 8.98. The zero-order valence-electron chi connectivity index (χ0n) is 15.1. The Morgan fingerprint density at radius 3 is 2.67 bits per heavy atom. The molecule has 144 valence electrons. The molecule has 1 N–H and O–H groups in total. The van der Waals surface area contributed by atoms with Crippen LogP contribution in [0, 0.1) is 0 Å². The van der Waals surface area contributed by atoms with Gasteiger partial charge in [-0.25, -0.2) is 4.79 Å². The molecule has 0 spiro atoms. The van der Waals surface area contributed by atoms with Gasteiger partial charge in [-0.15, -0.1) is 0 Å². The maximum Gasteiger partial charge on any atom is 0.325 e. The van der Waals surface area contributed by atoms with Crippen molar-refractivity contribution in [3.05, 3.63) is 23.8 Å². The van der Waals surface area contributed by atoms with Gasteiger partial charge in [0.15, 0.2) is 11.5 Å². The number of piperazine rings is 1. The lowest BCUT2D eigenvalue weighted by molar-refractivity contribution is -0.137. The van der Waals surface area contributed by atoms with Gasteiger partial charge in [-0.3, -0.25) is 14.5 Å². The van der Waals surface area contributed by atoms with Crippen molar-refractivity contribution in [2.75, 3.05) is 40.0 Å². The number of hydrogen-bond acceptors (Lipinski definition) is 6. The minimum atomic E-state index is -0.807. The van der Waals surface area contributed by atoms with E-state index in [-0.39, 0.29) is 31.6 Å². The molecule has 0 bridgehead atoms. The quantitative estimate of drug-likeness (QED) is 0.746. The molecule has 3 heterocycles. The summed E-state index contributed by atoms with van der Waals surface area (Å²) in [7, 11) is 2.01. The first-order valence-corrected chi connectivity index (χ1v) is 8.98. The van der Waals surface area contributed by atoms with Gasteiger partial charge in [-0.1, -0.05) is 6.07 Å². The first kappa shape index (κ1) is 17.6. The molecule has 1 atom stereocenters. The summed E-state index contributed by atoms with van der Waals surface area (Å²) in [6.07, 6.45) is -0.00801. The number of imide groups is 1. The van der Waals surface area contributed by atoms with Crippen LogP contribution in [0.5, 0.6) is 11.5 Å². The maximum atomic E-state index is 12.6. The predicted octanol–water partition coefficient (Wildman–Crippen LogP) is -0.000200. The summed E-state index contributed by atoms with van der Waals surface area (Å²) >= 11 is 0. The van der Waals surface area contributed by atoms with Crippen molar-refractivity contribution in [2.24, 2.45) is 0 Å². The van der Waals surface area contributed by atoms with Gasteiger partial charge in [0.1, 0.15) is 6.04 Å². The minimum Gasteiger partial charge on any atom is -0.454 e. The Bertz CT molecular complexity index is 775. The summed E-state index contributed by atoms with van der Waals surface area (Å²) < 4.78 is 10.6. The van der Waals surface area contributed by atoms with Gasteiger partial charge >= 0.3 is 6.03 Å². The van der Waals surface area contributed by atoms with Gasteiger partial charge in [0.25, 0.3) is 5.91 Å². The number of rotatable bonds is 4. The topological polar surface area (TPSA) is 91.4 Å². The van der Waals surface area contributed by atoms with Gasteiger partial charge in [0.05, 0.1) is 13.0 Å². The van der Waals surface area contributed by atoms with E-state index in [2.05, 4.69) is 10.2 Å². The summed E-state index contributed by atoms with van der Waals surface area (Å²) in [6, 6.07) is 4.01. The molecule has 27 heavy (non-hydrogen) atoms. The molecule has 0 radical (unpaired) electrons. The average molecular weight is 374 g/mol. The number of likely N-dealkylation sites (N-methyl/N-ethyl adjacent to an activating group) is 1. The molecule has 0 saturated carbocycles. The van der Waals surface area contributed by atoms with Crippen LogP contribution in [0.25, 0.3) is 0 Å². The van der Waals surface area contributed by atoms with E-state index < -0.39 is 12.1 Å². The van der Waals surface area contributed by atoms with Gasteiger partial charge in [0.2, 0.25) is 12.7 Å². The number of hydrogen-bond donors (Lipinski definition) is 1. The summed E-state index contributed by atoms with van der Waals surface area (Å²) in [4.78, 5) is 42.4. The van der Waals surface area contributed by atoms with E-state index in [0.29, 0.717) is 24.6 Å². The lowest BCUT2D eigenvalue weighted by Gasteiger charge is -2.32. The molecular weight excluding hydrogens is 352 g/mol. The summed E-state index contributed by atoms with van der Waals surface area (Å²) in [5.74, 6) is 0.764. The zero-order valence-corrected chi connectivity index (χ0v) is 15.1. The maximum absolute atomic E-state index is 12.6. The van der Waals surface area contributed by atoms with E-state index in [4.69, 9.17) is 9.47 Å². The number of urea groups is 1. The molecular formula is C18H22N4O5. The Hall–Kier alpha value is -2.81. The van der Waals surface area contributed by atoms with Crippen LogP contribution in [-0.2, 0) is 16.1 Å². The number of carbonyl (C=O) groups is 3. The molecule has 4 amide bonds. The third-order valence-electron chi connectivity index (χ3n) is 5.12. The van der Waals surface area contributed by atoms with Crippen LogP contribution in [0.1, 0.15) is 12.0 Å². The van der Waals surface area contributed by atoms with E-state index in [1.807, 2.05) is 7.05 Å². The van der Waals surface area contributed by atoms with Crippen LogP contribution in [0.4, 0.5) is 4.79 Å². The Kier molecular flexibility index (Phi) is 4.61. The third-order valence-corrected chi connectivity index (χ3v) is 5.12. The SMILES string of the molecule is CN1CCN(C(=O)C[C@@H]2NC(=O)N(Cc3ccc4c(c3)OCO4)C2=O)CC1. The molecule has 4 rings (SSSR count). The van der Waals surface area contributed by atoms with Crippen LogP contribution >= 0.6 is 0 Å². The van der Waals surface area contributed by atoms with Crippen LogP contribution in [0.15, 0.2) is 18.2 Å². The molecule has 2 fully saturated rings. The Morgan fingerprint density at radius 2 is 1.89 bits per heavy atom. The van der Waals surface area contributed by atoms with Crippen LogP contribution < -0.4 is 14.8 Å². The van der Waals surface area contributed by atoms with Crippen molar-refractivity contribution < 1.29 is 23.9 Å². The van der Waals surface area contributed by atoms with E-state index in [0.717, 1.165) is 23.6 Å². The lowest BCUT2D eigenvalue weighted by atomic mass is 10.1. The van der Waals surface area contributed by atoms with Crippen molar-refractivity contribution in [2.45, 2.75) is 19.0 Å². The summed E-state index contributed by atoms with van der Waals surface area (Å²) in [5, 5.41) is 2.63. The standard InChI is InChI=1S/C18H22N4O5/c1-20-4-6-21(7-5-20)16(23)9-13-17(24)22(18(25)19-13)10-12-2-3-14-15(8-12)27-11-26-14/h2-3,8,13H,4-7,9-11H2,1H3,(H,19,25)/t13-/m0/s1. The molecule has 9 heteroatoms. The number of nitrogens with one attached hydrogen (secondary N) is 1. The van der Waals surface area contributed by atoms with Crippen molar-refractivity contribution >= 4 is 17.8 Å². The number of carbonyl (C=O) groups excluding carboxylic acids is 3. The average Bonchev–Trinajstić information content (AvgIpc) is 3.22. The predicted molar refractivity (Wildman–Crippen MR) is 94.1 cm³/mol. The second kappa shape index (κ2) is 7.07. The highest BCUT2D eigenvalue weighted by Gasteiger charge is 2.40. The number of ether oxygens (including phenoxy) is 2. The van der Waals surface area contributed by atoms with E-state index in [1.165, 1.54) is 0 Å². The Labute approximate surface area is 156 Å². The number of amides is 4. The summed E-state index contributed by atoms with van der Waals surface area (Å²) in [6.45, 7) is 3.20. The largest absolute Gasteiger partial charge is 0.454 e. The van der Waals surface area contributed by atoms with Gasteiger partial charge in [-0.05, 0) is 24.7 Å². The first-order chi connectivity index (χ1) is 13.0. The van der Waals surface area contributed by atoms with Crippen molar-refractivity contribution in [3.8, 4) is 11.5 Å². The van der Waals surface area contributed by atoms with E-state index in [9.17, 15) is 14.4 Å². The van der Waals surface area contributed by atoms with Crippen LogP contribution in [0.3, 0.4) is 0 Å². The van der Waals surface area contributed by atoms with E-state index in [1.54, 1.807) is 23.1 Å². The van der Waals surface area contributed by atoms with Crippen molar-refractivity contribution in [1.29, 1.82) is 0 Å². The molecule has 3 aliphatic rings. The van der Waals surface area contributed by atoms with Crippen molar-refractivity contribution in [1.82, 2.24) is 20.0 Å². The molecule has 0 aliphatic carbocycles. The molecule has 3 aliphatic heterocycles. The highest BCUT2D eigenvalue weighted by atomic mass is 16.7. The normalized spacial score (nSPS) is 22.3. The number of nitrogens with zero attached hydrogens (tertiary/aromatic N) is 3. The number of benzene rings is 1. The van der Waals surface area contributed by atoms with Gasteiger partial charge in [-0.2, -0.15) is 0 Å².